The standard InChI is InChI=1S/C20H26N4OS/c1-15-5-6-16(2)18(12-15)23-20(26)22-14-19(17-4-3-7-21-13-17)24-8-10-25-11-9-24/h3-7,12-13,19H,8-11,14H2,1-2H3,(H2,22,23,26)/t19-/m0/s1. The molecule has 0 unspecified atom stereocenters. The molecule has 0 spiro atoms. The van der Waals surface area contributed by atoms with Gasteiger partial charge >= 0.3 is 0 Å². The molecule has 1 saturated heterocycles. The average Bonchev–Trinajstić information content (AvgIpc) is 2.67. The Morgan fingerprint density at radius 3 is 2.81 bits per heavy atom. The zero-order chi connectivity index (χ0) is 18.4. The minimum Gasteiger partial charge on any atom is -0.379 e. The highest BCUT2D eigenvalue weighted by Crippen LogP contribution is 2.21. The van der Waals surface area contributed by atoms with Gasteiger partial charge in [0.2, 0.25) is 0 Å². The molecule has 2 heterocycles. The molecule has 138 valence electrons. The van der Waals surface area contributed by atoms with Gasteiger partial charge in [-0.25, -0.2) is 0 Å². The Bertz CT molecular complexity index is 732. The van der Waals surface area contributed by atoms with Crippen molar-refractivity contribution in [1.29, 1.82) is 0 Å². The maximum absolute atomic E-state index is 5.53. The first kappa shape index (κ1) is 18.8. The number of hydrogen-bond donors (Lipinski definition) is 2. The van der Waals surface area contributed by atoms with E-state index in [0.717, 1.165) is 38.5 Å². The Hall–Kier alpha value is -2.02. The minimum atomic E-state index is 0.214. The van der Waals surface area contributed by atoms with Gasteiger partial charge in [0.05, 0.1) is 19.3 Å². The normalized spacial score (nSPS) is 16.1. The van der Waals surface area contributed by atoms with Crippen LogP contribution in [0.1, 0.15) is 22.7 Å². The number of aryl methyl sites for hydroxylation is 2. The van der Waals surface area contributed by atoms with Crippen molar-refractivity contribution in [3.05, 3.63) is 59.4 Å². The Labute approximate surface area is 160 Å². The monoisotopic (exact) mass is 370 g/mol. The fraction of sp³-hybridized carbons (Fsp3) is 0.400. The molecule has 1 aromatic heterocycles. The molecule has 0 bridgehead atoms. The summed E-state index contributed by atoms with van der Waals surface area (Å²) >= 11 is 5.53. The maximum atomic E-state index is 5.53. The zero-order valence-electron chi connectivity index (χ0n) is 15.4. The predicted molar refractivity (Wildman–Crippen MR) is 110 cm³/mol. The van der Waals surface area contributed by atoms with Gasteiger partial charge in [-0.2, -0.15) is 0 Å². The van der Waals surface area contributed by atoms with Crippen LogP contribution in [0.5, 0.6) is 0 Å². The van der Waals surface area contributed by atoms with Crippen molar-refractivity contribution in [3.8, 4) is 0 Å². The van der Waals surface area contributed by atoms with Crippen LogP contribution >= 0.6 is 12.2 Å². The molecule has 0 aliphatic carbocycles. The fourth-order valence-corrected chi connectivity index (χ4v) is 3.34. The van der Waals surface area contributed by atoms with Gasteiger partial charge in [-0.1, -0.05) is 18.2 Å². The van der Waals surface area contributed by atoms with Gasteiger partial charge in [-0.3, -0.25) is 9.88 Å². The first-order chi connectivity index (χ1) is 12.6. The molecular formula is C20H26N4OS. The Kier molecular flexibility index (Phi) is 6.55. The van der Waals surface area contributed by atoms with E-state index in [1.54, 1.807) is 6.20 Å². The van der Waals surface area contributed by atoms with Gasteiger partial charge in [-0.15, -0.1) is 0 Å². The Balaban J connectivity index is 1.65. The first-order valence-electron chi connectivity index (χ1n) is 8.97. The molecule has 1 aliphatic rings. The smallest absolute Gasteiger partial charge is 0.170 e. The van der Waals surface area contributed by atoms with Crippen molar-refractivity contribution in [1.82, 2.24) is 15.2 Å². The van der Waals surface area contributed by atoms with E-state index in [1.165, 1.54) is 16.7 Å². The number of aromatic nitrogens is 1. The summed E-state index contributed by atoms with van der Waals surface area (Å²) in [6, 6.07) is 10.6. The lowest BCUT2D eigenvalue weighted by molar-refractivity contribution is 0.0170. The number of benzene rings is 1. The van der Waals surface area contributed by atoms with E-state index in [4.69, 9.17) is 17.0 Å². The number of rotatable bonds is 5. The lowest BCUT2D eigenvalue weighted by atomic mass is 10.1. The maximum Gasteiger partial charge on any atom is 0.170 e. The summed E-state index contributed by atoms with van der Waals surface area (Å²) < 4.78 is 5.50. The second-order valence-electron chi connectivity index (χ2n) is 6.60. The summed E-state index contributed by atoms with van der Waals surface area (Å²) in [5.74, 6) is 0. The third kappa shape index (κ3) is 5.00. The molecule has 26 heavy (non-hydrogen) atoms. The summed E-state index contributed by atoms with van der Waals surface area (Å²) in [6.45, 7) is 8.25. The largest absolute Gasteiger partial charge is 0.379 e. The van der Waals surface area contributed by atoms with Crippen molar-refractivity contribution in [2.75, 3.05) is 38.2 Å². The number of morpholine rings is 1. The van der Waals surface area contributed by atoms with Crippen molar-refractivity contribution in [2.45, 2.75) is 19.9 Å². The molecule has 1 aromatic carbocycles. The zero-order valence-corrected chi connectivity index (χ0v) is 16.2. The van der Waals surface area contributed by atoms with Crippen LogP contribution in [0.25, 0.3) is 0 Å². The van der Waals surface area contributed by atoms with Crippen LogP contribution in [0.15, 0.2) is 42.7 Å². The van der Waals surface area contributed by atoms with E-state index in [-0.39, 0.29) is 6.04 Å². The third-order valence-electron chi connectivity index (χ3n) is 4.65. The van der Waals surface area contributed by atoms with Crippen LogP contribution < -0.4 is 10.6 Å². The van der Waals surface area contributed by atoms with E-state index in [2.05, 4.69) is 58.6 Å². The first-order valence-corrected chi connectivity index (χ1v) is 9.38. The average molecular weight is 371 g/mol. The lowest BCUT2D eigenvalue weighted by Crippen LogP contribution is -2.44. The number of ether oxygens (including phenoxy) is 1. The molecule has 1 aliphatic heterocycles. The molecule has 0 saturated carbocycles. The van der Waals surface area contributed by atoms with Gasteiger partial charge in [0.25, 0.3) is 0 Å². The highest BCUT2D eigenvalue weighted by Gasteiger charge is 2.23. The molecule has 2 N–H and O–H groups in total. The lowest BCUT2D eigenvalue weighted by Gasteiger charge is -2.35. The van der Waals surface area contributed by atoms with Gasteiger partial charge in [0.1, 0.15) is 0 Å². The van der Waals surface area contributed by atoms with Gasteiger partial charge in [0, 0.05) is 37.7 Å². The van der Waals surface area contributed by atoms with Crippen LogP contribution in [-0.4, -0.2) is 47.8 Å². The summed E-state index contributed by atoms with van der Waals surface area (Å²) in [6.07, 6.45) is 3.74. The molecule has 0 radical (unpaired) electrons. The molecule has 2 aromatic rings. The van der Waals surface area contributed by atoms with Crippen molar-refractivity contribution in [2.24, 2.45) is 0 Å². The number of nitrogens with zero attached hydrogens (tertiary/aromatic N) is 2. The second kappa shape index (κ2) is 9.07. The third-order valence-corrected chi connectivity index (χ3v) is 4.90. The minimum absolute atomic E-state index is 0.214. The highest BCUT2D eigenvalue weighted by atomic mass is 32.1. The van der Waals surface area contributed by atoms with E-state index in [0.29, 0.717) is 5.11 Å². The molecular weight excluding hydrogens is 344 g/mol. The number of anilines is 1. The van der Waals surface area contributed by atoms with Crippen LogP contribution in [0.4, 0.5) is 5.69 Å². The Morgan fingerprint density at radius 1 is 1.27 bits per heavy atom. The van der Waals surface area contributed by atoms with E-state index < -0.39 is 0 Å². The Morgan fingerprint density at radius 2 is 2.08 bits per heavy atom. The predicted octanol–water partition coefficient (Wildman–Crippen LogP) is 3.06. The topological polar surface area (TPSA) is 49.4 Å². The van der Waals surface area contributed by atoms with Crippen molar-refractivity contribution in [3.63, 3.8) is 0 Å². The highest BCUT2D eigenvalue weighted by molar-refractivity contribution is 7.80. The second-order valence-corrected chi connectivity index (χ2v) is 7.01. The summed E-state index contributed by atoms with van der Waals surface area (Å²) in [7, 11) is 0. The molecule has 0 amide bonds. The molecule has 1 atom stereocenters. The fourth-order valence-electron chi connectivity index (χ4n) is 3.15. The van der Waals surface area contributed by atoms with Crippen LogP contribution in [0, 0.1) is 13.8 Å². The molecule has 1 fully saturated rings. The molecule has 3 rings (SSSR count). The molecule has 5 nitrogen and oxygen atoms in total. The summed E-state index contributed by atoms with van der Waals surface area (Å²) in [5.41, 5.74) is 4.63. The van der Waals surface area contributed by atoms with Crippen molar-refractivity contribution >= 4 is 23.0 Å². The summed E-state index contributed by atoms with van der Waals surface area (Å²) in [4.78, 5) is 6.71. The summed E-state index contributed by atoms with van der Waals surface area (Å²) in [5, 5.41) is 7.35. The van der Waals surface area contributed by atoms with Gasteiger partial charge in [-0.05, 0) is 54.9 Å². The number of nitrogens with one attached hydrogen (secondary N) is 2. The van der Waals surface area contributed by atoms with Crippen LogP contribution in [0.3, 0.4) is 0 Å². The number of pyridine rings is 1. The SMILES string of the molecule is Cc1ccc(C)c(NC(=S)NC[C@@H](c2cccnc2)N2CCOCC2)c1. The quantitative estimate of drug-likeness (QED) is 0.789. The molecule has 6 heteroatoms. The van der Waals surface area contributed by atoms with E-state index in [9.17, 15) is 0 Å². The van der Waals surface area contributed by atoms with E-state index >= 15 is 0 Å². The number of thiocarbonyl (C=S) groups is 1. The van der Waals surface area contributed by atoms with Crippen LogP contribution in [-0.2, 0) is 4.74 Å². The van der Waals surface area contributed by atoms with Gasteiger partial charge < -0.3 is 15.4 Å². The van der Waals surface area contributed by atoms with Crippen molar-refractivity contribution < 1.29 is 4.74 Å². The number of hydrogen-bond acceptors (Lipinski definition) is 4. The van der Waals surface area contributed by atoms with Gasteiger partial charge in [0.15, 0.2) is 5.11 Å². The van der Waals surface area contributed by atoms with E-state index in [1.807, 2.05) is 12.3 Å². The van der Waals surface area contributed by atoms with Crippen LogP contribution in [0.2, 0.25) is 0 Å².